The van der Waals surface area contributed by atoms with E-state index in [9.17, 15) is 10.1 Å². The summed E-state index contributed by atoms with van der Waals surface area (Å²) in [4.78, 5) is 23.5. The Morgan fingerprint density at radius 2 is 2.00 bits per heavy atom. The number of fused-ring (bicyclic) bond motifs is 1. The Bertz CT molecular complexity index is 1030. The highest BCUT2D eigenvalue weighted by Gasteiger charge is 2.20. The summed E-state index contributed by atoms with van der Waals surface area (Å²) in [7, 11) is 0. The molecule has 1 aliphatic heterocycles. The number of nitriles is 1. The van der Waals surface area contributed by atoms with E-state index in [0.29, 0.717) is 29.2 Å². The first kappa shape index (κ1) is 16.9. The van der Waals surface area contributed by atoms with Gasteiger partial charge in [-0.3, -0.25) is 15.0 Å². The quantitative estimate of drug-likeness (QED) is 0.512. The van der Waals surface area contributed by atoms with Crippen molar-refractivity contribution >= 4 is 22.6 Å². The van der Waals surface area contributed by atoms with Crippen molar-refractivity contribution in [2.75, 3.05) is 31.1 Å². The van der Waals surface area contributed by atoms with E-state index in [2.05, 4.69) is 25.8 Å². The summed E-state index contributed by atoms with van der Waals surface area (Å²) in [6, 6.07) is 11.9. The van der Waals surface area contributed by atoms with Crippen LogP contribution in [0.25, 0.3) is 11.1 Å². The van der Waals surface area contributed by atoms with Gasteiger partial charge < -0.3 is 9.32 Å². The number of piperazine rings is 1. The third-order valence-corrected chi connectivity index (χ3v) is 4.53. The lowest BCUT2D eigenvalue weighted by atomic mass is 10.3. The number of hydrogen-bond donors (Lipinski definition) is 0. The maximum absolute atomic E-state index is 10.9. The largest absolute Gasteiger partial charge is 0.439 e. The molecular formula is C18H16N6O3. The highest BCUT2D eigenvalue weighted by atomic mass is 16.6. The van der Waals surface area contributed by atoms with Gasteiger partial charge in [-0.1, -0.05) is 6.07 Å². The zero-order valence-corrected chi connectivity index (χ0v) is 14.4. The lowest BCUT2D eigenvalue weighted by Crippen LogP contribution is -2.46. The van der Waals surface area contributed by atoms with Crippen molar-refractivity contribution in [1.29, 1.82) is 5.26 Å². The predicted octanol–water partition coefficient (Wildman–Crippen LogP) is 2.32. The highest BCUT2D eigenvalue weighted by molar-refractivity contribution is 5.75. The van der Waals surface area contributed by atoms with Crippen LogP contribution < -0.4 is 4.90 Å². The van der Waals surface area contributed by atoms with Crippen LogP contribution in [0.3, 0.4) is 0 Å². The van der Waals surface area contributed by atoms with Gasteiger partial charge in [-0.25, -0.2) is 9.97 Å². The molecule has 0 bridgehead atoms. The van der Waals surface area contributed by atoms with Gasteiger partial charge in [0.1, 0.15) is 23.1 Å². The molecule has 1 aliphatic rings. The molecule has 0 unspecified atom stereocenters. The van der Waals surface area contributed by atoms with Crippen LogP contribution in [-0.2, 0) is 6.54 Å². The second-order valence-corrected chi connectivity index (χ2v) is 6.27. The van der Waals surface area contributed by atoms with Crippen molar-refractivity contribution < 1.29 is 9.34 Å². The predicted molar refractivity (Wildman–Crippen MR) is 97.1 cm³/mol. The van der Waals surface area contributed by atoms with E-state index in [0.717, 1.165) is 32.0 Å². The molecule has 1 saturated heterocycles. The summed E-state index contributed by atoms with van der Waals surface area (Å²) < 4.78 is 5.71. The number of benzene rings is 1. The van der Waals surface area contributed by atoms with E-state index >= 15 is 0 Å². The number of anilines is 1. The van der Waals surface area contributed by atoms with Crippen LogP contribution in [0.4, 0.5) is 11.5 Å². The molecule has 136 valence electrons. The average molecular weight is 364 g/mol. The molecule has 0 radical (unpaired) electrons. The first-order chi connectivity index (χ1) is 13.1. The lowest BCUT2D eigenvalue weighted by Gasteiger charge is -2.34. The zero-order chi connectivity index (χ0) is 18.8. The number of pyridine rings is 1. The minimum absolute atomic E-state index is 0.00284. The van der Waals surface area contributed by atoms with Gasteiger partial charge in [0.05, 0.1) is 11.5 Å². The molecule has 0 atom stereocenters. The monoisotopic (exact) mass is 364 g/mol. The number of non-ortho nitro benzene ring substituents is 1. The summed E-state index contributed by atoms with van der Waals surface area (Å²) >= 11 is 0. The Labute approximate surface area is 154 Å². The minimum Gasteiger partial charge on any atom is -0.439 e. The number of rotatable bonds is 4. The minimum atomic E-state index is -0.442. The molecular weight excluding hydrogens is 348 g/mol. The number of aromatic nitrogens is 2. The van der Waals surface area contributed by atoms with Crippen LogP contribution in [0.1, 0.15) is 11.6 Å². The smallest absolute Gasteiger partial charge is 0.271 e. The number of nitrogens with zero attached hydrogens (tertiary/aromatic N) is 6. The second kappa shape index (κ2) is 7.01. The zero-order valence-electron chi connectivity index (χ0n) is 14.4. The number of nitro groups is 1. The molecule has 0 amide bonds. The molecule has 3 heterocycles. The molecule has 4 rings (SSSR count). The molecule has 0 spiro atoms. The van der Waals surface area contributed by atoms with Crippen LogP contribution in [0.15, 0.2) is 40.8 Å². The van der Waals surface area contributed by atoms with Gasteiger partial charge >= 0.3 is 0 Å². The molecule has 3 aromatic rings. The van der Waals surface area contributed by atoms with Crippen molar-refractivity contribution in [3.8, 4) is 6.07 Å². The van der Waals surface area contributed by atoms with Gasteiger partial charge in [0, 0.05) is 38.3 Å². The maximum atomic E-state index is 10.9. The summed E-state index contributed by atoms with van der Waals surface area (Å²) in [5, 5.41) is 19.8. The normalized spacial score (nSPS) is 15.0. The number of oxazole rings is 1. The topological polar surface area (TPSA) is 112 Å². The maximum Gasteiger partial charge on any atom is 0.271 e. The van der Waals surface area contributed by atoms with Crippen LogP contribution in [0.2, 0.25) is 0 Å². The number of nitro benzene ring substituents is 1. The van der Waals surface area contributed by atoms with E-state index in [-0.39, 0.29) is 5.69 Å². The van der Waals surface area contributed by atoms with Crippen molar-refractivity contribution in [3.05, 3.63) is 58.1 Å². The Morgan fingerprint density at radius 1 is 1.19 bits per heavy atom. The molecule has 0 saturated carbocycles. The van der Waals surface area contributed by atoms with Gasteiger partial charge in [-0.2, -0.15) is 5.26 Å². The van der Waals surface area contributed by atoms with Gasteiger partial charge in [-0.15, -0.1) is 0 Å². The second-order valence-electron chi connectivity index (χ2n) is 6.27. The molecule has 1 fully saturated rings. The van der Waals surface area contributed by atoms with E-state index in [4.69, 9.17) is 9.68 Å². The van der Waals surface area contributed by atoms with Crippen molar-refractivity contribution in [1.82, 2.24) is 14.9 Å². The van der Waals surface area contributed by atoms with Crippen LogP contribution in [-0.4, -0.2) is 46.0 Å². The highest BCUT2D eigenvalue weighted by Crippen LogP contribution is 2.22. The summed E-state index contributed by atoms with van der Waals surface area (Å²) in [5.74, 6) is 1.35. The van der Waals surface area contributed by atoms with Gasteiger partial charge in [0.2, 0.25) is 5.89 Å². The first-order valence-corrected chi connectivity index (χ1v) is 8.51. The van der Waals surface area contributed by atoms with Gasteiger partial charge in [0.15, 0.2) is 5.58 Å². The molecule has 9 heteroatoms. The fraction of sp³-hybridized carbons (Fsp3) is 0.278. The van der Waals surface area contributed by atoms with Crippen molar-refractivity contribution in [2.45, 2.75) is 6.54 Å². The van der Waals surface area contributed by atoms with E-state index in [1.54, 1.807) is 12.1 Å². The van der Waals surface area contributed by atoms with Crippen LogP contribution >= 0.6 is 0 Å². The fourth-order valence-corrected chi connectivity index (χ4v) is 3.13. The third-order valence-electron chi connectivity index (χ3n) is 4.53. The third kappa shape index (κ3) is 3.56. The molecule has 9 nitrogen and oxygen atoms in total. The standard InChI is InChI=1S/C18H16N6O3/c19-11-13-2-1-3-17(20-13)23-8-6-22(7-9-23)12-18-21-15-10-14(24(25)26)4-5-16(15)27-18/h1-5,10H,6-9,12H2. The molecule has 2 aromatic heterocycles. The van der Waals surface area contributed by atoms with Crippen LogP contribution in [0.5, 0.6) is 0 Å². The van der Waals surface area contributed by atoms with Gasteiger partial charge in [0.25, 0.3) is 5.69 Å². The molecule has 0 N–H and O–H groups in total. The molecule has 27 heavy (non-hydrogen) atoms. The van der Waals surface area contributed by atoms with Crippen molar-refractivity contribution in [2.24, 2.45) is 0 Å². The van der Waals surface area contributed by atoms with E-state index in [1.807, 2.05) is 12.1 Å². The van der Waals surface area contributed by atoms with E-state index in [1.165, 1.54) is 12.1 Å². The Balaban J connectivity index is 1.41. The Kier molecular flexibility index (Phi) is 4.40. The number of hydrogen-bond acceptors (Lipinski definition) is 8. The van der Waals surface area contributed by atoms with Crippen LogP contribution in [0, 0.1) is 21.4 Å². The van der Waals surface area contributed by atoms with Crippen molar-refractivity contribution in [3.63, 3.8) is 0 Å². The van der Waals surface area contributed by atoms with Gasteiger partial charge in [-0.05, 0) is 18.2 Å². The average Bonchev–Trinajstić information content (AvgIpc) is 3.10. The summed E-state index contributed by atoms with van der Waals surface area (Å²) in [6.07, 6.45) is 0. The Hall–Kier alpha value is -3.51. The molecule has 1 aromatic carbocycles. The molecule has 0 aliphatic carbocycles. The van der Waals surface area contributed by atoms with E-state index < -0.39 is 4.92 Å². The summed E-state index contributed by atoms with van der Waals surface area (Å²) in [5.41, 5.74) is 1.46. The summed E-state index contributed by atoms with van der Waals surface area (Å²) in [6.45, 7) is 3.72. The SMILES string of the molecule is N#Cc1cccc(N2CCN(Cc3nc4cc([N+](=O)[O-])ccc4o3)CC2)n1. The fourth-order valence-electron chi connectivity index (χ4n) is 3.13. The lowest BCUT2D eigenvalue weighted by molar-refractivity contribution is -0.384. The first-order valence-electron chi connectivity index (χ1n) is 8.51. The Morgan fingerprint density at radius 3 is 2.74 bits per heavy atom.